The van der Waals surface area contributed by atoms with Crippen molar-refractivity contribution in [2.24, 2.45) is 11.5 Å². The summed E-state index contributed by atoms with van der Waals surface area (Å²) in [5.74, 6) is 0. The number of hydrogen-bond donors (Lipinski definition) is 4. The molecule has 6 N–H and O–H groups in total. The van der Waals surface area contributed by atoms with Crippen LogP contribution in [0.1, 0.15) is 12.8 Å². The summed E-state index contributed by atoms with van der Waals surface area (Å²) in [7, 11) is 0. The summed E-state index contributed by atoms with van der Waals surface area (Å²) in [6.45, 7) is 1.35. The number of nitrogens with one attached hydrogen (secondary N) is 2. The fraction of sp³-hybridized carbons (Fsp3) is 0.857. The minimum absolute atomic E-state index is 0.367. The van der Waals surface area contributed by atoms with Gasteiger partial charge in [0.2, 0.25) is 0 Å². The summed E-state index contributed by atoms with van der Waals surface area (Å²) in [5.41, 5.74) is 10.5. The van der Waals surface area contributed by atoms with E-state index in [1.165, 1.54) is 0 Å². The van der Waals surface area contributed by atoms with Gasteiger partial charge >= 0.3 is 6.03 Å². The first-order chi connectivity index (χ1) is 5.68. The zero-order chi connectivity index (χ0) is 8.97. The summed E-state index contributed by atoms with van der Waals surface area (Å²) >= 11 is 0. The largest absolute Gasteiger partial charge is 0.352 e. The van der Waals surface area contributed by atoms with E-state index in [4.69, 9.17) is 11.5 Å². The van der Waals surface area contributed by atoms with E-state index in [-0.39, 0.29) is 0 Å². The van der Waals surface area contributed by atoms with Crippen LogP contribution in [0.4, 0.5) is 4.79 Å². The van der Waals surface area contributed by atoms with Crippen molar-refractivity contribution in [3.63, 3.8) is 0 Å². The highest BCUT2D eigenvalue weighted by Crippen LogP contribution is 2.16. The molecule has 0 heterocycles. The van der Waals surface area contributed by atoms with Gasteiger partial charge in [0.15, 0.2) is 0 Å². The molecule has 0 radical (unpaired) electrons. The molecule has 12 heavy (non-hydrogen) atoms. The van der Waals surface area contributed by atoms with Crippen LogP contribution in [0, 0.1) is 0 Å². The van der Waals surface area contributed by atoms with Gasteiger partial charge in [0.1, 0.15) is 0 Å². The van der Waals surface area contributed by atoms with Crippen LogP contribution in [0.25, 0.3) is 0 Å². The molecular weight excluding hydrogens is 156 g/mol. The maximum absolute atomic E-state index is 10.2. The van der Waals surface area contributed by atoms with Gasteiger partial charge in [0, 0.05) is 25.2 Å². The molecule has 0 aromatic carbocycles. The minimum atomic E-state index is -0.470. The third-order valence-electron chi connectivity index (χ3n) is 2.03. The summed E-state index contributed by atoms with van der Waals surface area (Å²) in [4.78, 5) is 10.2. The highest BCUT2D eigenvalue weighted by Gasteiger charge is 2.24. The Kier molecular flexibility index (Phi) is 3.31. The van der Waals surface area contributed by atoms with E-state index in [9.17, 15) is 4.79 Å². The first-order valence-corrected chi connectivity index (χ1v) is 4.20. The van der Waals surface area contributed by atoms with Crippen LogP contribution in [-0.4, -0.2) is 31.2 Å². The zero-order valence-corrected chi connectivity index (χ0v) is 7.05. The summed E-state index contributed by atoms with van der Waals surface area (Å²) < 4.78 is 0. The standard InChI is InChI=1S/C7H16N4O/c8-5-3-6(4-5)10-1-2-11-7(9)12/h5-6,10H,1-4,8H2,(H3,9,11,12). The molecule has 0 aromatic heterocycles. The normalized spacial score (nSPS) is 27.8. The van der Waals surface area contributed by atoms with Gasteiger partial charge in [0.05, 0.1) is 0 Å². The molecule has 0 aromatic rings. The second-order valence-electron chi connectivity index (χ2n) is 3.17. The number of carbonyl (C=O) groups is 1. The molecule has 0 saturated heterocycles. The van der Waals surface area contributed by atoms with E-state index in [2.05, 4.69) is 10.6 Å². The van der Waals surface area contributed by atoms with Crippen molar-refractivity contribution in [3.8, 4) is 0 Å². The number of urea groups is 1. The van der Waals surface area contributed by atoms with Gasteiger partial charge in [-0.15, -0.1) is 0 Å². The maximum Gasteiger partial charge on any atom is 0.312 e. The molecule has 0 bridgehead atoms. The van der Waals surface area contributed by atoms with Gasteiger partial charge in [-0.2, -0.15) is 0 Å². The number of nitrogens with two attached hydrogens (primary N) is 2. The van der Waals surface area contributed by atoms with Crippen molar-refractivity contribution in [1.82, 2.24) is 10.6 Å². The monoisotopic (exact) mass is 172 g/mol. The smallest absolute Gasteiger partial charge is 0.312 e. The first-order valence-electron chi connectivity index (χ1n) is 4.20. The third kappa shape index (κ3) is 3.06. The Hall–Kier alpha value is -0.810. The summed E-state index contributed by atoms with van der Waals surface area (Å²) in [6, 6.07) is 0.434. The zero-order valence-electron chi connectivity index (χ0n) is 7.05. The van der Waals surface area contributed by atoms with Crippen molar-refractivity contribution in [2.45, 2.75) is 24.9 Å². The van der Waals surface area contributed by atoms with E-state index in [0.717, 1.165) is 19.4 Å². The Bertz CT molecular complexity index is 155. The molecule has 0 aliphatic heterocycles. The molecular formula is C7H16N4O. The lowest BCUT2D eigenvalue weighted by Crippen LogP contribution is -2.50. The lowest BCUT2D eigenvalue weighted by molar-refractivity contribution is 0.247. The lowest BCUT2D eigenvalue weighted by Gasteiger charge is -2.33. The number of primary amides is 1. The predicted molar refractivity (Wildman–Crippen MR) is 46.6 cm³/mol. The molecule has 0 atom stereocenters. The van der Waals surface area contributed by atoms with Crippen LogP contribution in [0.3, 0.4) is 0 Å². The van der Waals surface area contributed by atoms with E-state index in [1.807, 2.05) is 0 Å². The molecule has 70 valence electrons. The summed E-state index contributed by atoms with van der Waals surface area (Å²) in [6.07, 6.45) is 2.08. The molecule has 5 nitrogen and oxygen atoms in total. The average Bonchev–Trinajstić information content (AvgIpc) is 1.93. The Morgan fingerprint density at radius 2 is 2.08 bits per heavy atom. The average molecular weight is 172 g/mol. The highest BCUT2D eigenvalue weighted by molar-refractivity contribution is 5.71. The highest BCUT2D eigenvalue weighted by atomic mass is 16.2. The number of rotatable bonds is 4. The molecule has 2 amide bonds. The van der Waals surface area contributed by atoms with Gasteiger partial charge in [-0.05, 0) is 12.8 Å². The maximum atomic E-state index is 10.2. The fourth-order valence-corrected chi connectivity index (χ4v) is 1.29. The van der Waals surface area contributed by atoms with Crippen LogP contribution >= 0.6 is 0 Å². The number of hydrogen-bond acceptors (Lipinski definition) is 3. The predicted octanol–water partition coefficient (Wildman–Crippen LogP) is -1.27. The van der Waals surface area contributed by atoms with Gasteiger partial charge in [-0.1, -0.05) is 0 Å². The molecule has 1 aliphatic rings. The van der Waals surface area contributed by atoms with Crippen LogP contribution < -0.4 is 22.1 Å². The van der Waals surface area contributed by atoms with Crippen molar-refractivity contribution in [2.75, 3.05) is 13.1 Å². The molecule has 5 heteroatoms. The van der Waals surface area contributed by atoms with E-state index >= 15 is 0 Å². The molecule has 1 rings (SSSR count). The molecule has 1 fully saturated rings. The molecule has 0 spiro atoms. The number of carbonyl (C=O) groups excluding carboxylic acids is 1. The molecule has 1 aliphatic carbocycles. The lowest BCUT2D eigenvalue weighted by atomic mass is 9.88. The van der Waals surface area contributed by atoms with Crippen molar-refractivity contribution in [1.29, 1.82) is 0 Å². The second kappa shape index (κ2) is 4.27. The van der Waals surface area contributed by atoms with E-state index < -0.39 is 6.03 Å². The van der Waals surface area contributed by atoms with Crippen LogP contribution in [0.5, 0.6) is 0 Å². The Morgan fingerprint density at radius 3 is 2.58 bits per heavy atom. The molecule has 1 saturated carbocycles. The van der Waals surface area contributed by atoms with Gasteiger partial charge < -0.3 is 22.1 Å². The van der Waals surface area contributed by atoms with Crippen LogP contribution in [0.15, 0.2) is 0 Å². The summed E-state index contributed by atoms with van der Waals surface area (Å²) in [5, 5.41) is 5.76. The van der Waals surface area contributed by atoms with Gasteiger partial charge in [-0.3, -0.25) is 0 Å². The third-order valence-corrected chi connectivity index (χ3v) is 2.03. The van der Waals surface area contributed by atoms with E-state index in [0.29, 0.717) is 18.6 Å². The topological polar surface area (TPSA) is 93.2 Å². The van der Waals surface area contributed by atoms with Crippen molar-refractivity contribution >= 4 is 6.03 Å². The minimum Gasteiger partial charge on any atom is -0.352 e. The Balaban J connectivity index is 1.87. The van der Waals surface area contributed by atoms with Gasteiger partial charge in [-0.25, -0.2) is 4.79 Å². The SMILES string of the molecule is NC(=O)NCCNC1CC(N)C1. The van der Waals surface area contributed by atoms with Crippen LogP contribution in [-0.2, 0) is 0 Å². The van der Waals surface area contributed by atoms with Gasteiger partial charge in [0.25, 0.3) is 0 Å². The first kappa shape index (κ1) is 9.28. The Labute approximate surface area is 71.9 Å². The second-order valence-corrected chi connectivity index (χ2v) is 3.17. The van der Waals surface area contributed by atoms with Crippen molar-refractivity contribution in [3.05, 3.63) is 0 Å². The van der Waals surface area contributed by atoms with Crippen LogP contribution in [0.2, 0.25) is 0 Å². The Morgan fingerprint density at radius 1 is 1.42 bits per heavy atom. The fourth-order valence-electron chi connectivity index (χ4n) is 1.29. The quantitative estimate of drug-likeness (QED) is 0.398. The number of amides is 2. The molecule has 0 unspecified atom stereocenters. The van der Waals surface area contributed by atoms with Crippen molar-refractivity contribution < 1.29 is 4.79 Å². The van der Waals surface area contributed by atoms with E-state index in [1.54, 1.807) is 0 Å².